The highest BCUT2D eigenvalue weighted by atomic mass is 32.2. The molecule has 1 aromatic rings. The second kappa shape index (κ2) is 7.20. The molecule has 1 nitrogen and oxygen atoms in total. The number of hydrogen-bond donors (Lipinski definition) is 1. The first kappa shape index (κ1) is 14.0. The Bertz CT molecular complexity index is 354. The minimum absolute atomic E-state index is 0.497. The molecule has 1 aromatic carbocycles. The molecule has 1 aliphatic rings. The first-order valence-electron chi connectivity index (χ1n) is 7.24. The van der Waals surface area contributed by atoms with Gasteiger partial charge in [-0.25, -0.2) is 0 Å². The minimum atomic E-state index is 0.497. The van der Waals surface area contributed by atoms with Gasteiger partial charge in [-0.05, 0) is 43.9 Å². The zero-order valence-electron chi connectivity index (χ0n) is 11.6. The lowest BCUT2D eigenvalue weighted by molar-refractivity contribution is 0.567. The summed E-state index contributed by atoms with van der Waals surface area (Å²) in [6, 6.07) is 9.39. The van der Waals surface area contributed by atoms with Crippen LogP contribution in [0.4, 0.5) is 0 Å². The molecule has 0 saturated heterocycles. The van der Waals surface area contributed by atoms with Crippen LogP contribution in [0, 0.1) is 5.92 Å². The summed E-state index contributed by atoms with van der Waals surface area (Å²) < 4.78 is 0. The average molecular weight is 263 g/mol. The molecule has 1 unspecified atom stereocenters. The van der Waals surface area contributed by atoms with Crippen LogP contribution in [-0.2, 0) is 0 Å². The van der Waals surface area contributed by atoms with E-state index in [0.717, 1.165) is 12.3 Å². The predicted molar refractivity (Wildman–Crippen MR) is 81.2 cm³/mol. The van der Waals surface area contributed by atoms with E-state index >= 15 is 0 Å². The topological polar surface area (TPSA) is 12.0 Å². The molecular weight excluding hydrogens is 238 g/mol. The summed E-state index contributed by atoms with van der Waals surface area (Å²) in [6.45, 7) is 2.25. The number of nitrogens with one attached hydrogen (secondary N) is 1. The van der Waals surface area contributed by atoms with Gasteiger partial charge in [0.2, 0.25) is 0 Å². The first-order chi connectivity index (χ1) is 8.85. The molecule has 0 radical (unpaired) electrons. The van der Waals surface area contributed by atoms with E-state index in [2.05, 4.69) is 55.3 Å². The molecule has 0 aliphatic heterocycles. The highest BCUT2D eigenvalue weighted by Gasteiger charge is 2.17. The molecule has 100 valence electrons. The molecule has 1 saturated carbocycles. The third kappa shape index (κ3) is 3.52. The Hall–Kier alpha value is -0.470. The monoisotopic (exact) mass is 263 g/mol. The van der Waals surface area contributed by atoms with Gasteiger partial charge in [-0.3, -0.25) is 0 Å². The van der Waals surface area contributed by atoms with Gasteiger partial charge in [-0.15, -0.1) is 11.8 Å². The lowest BCUT2D eigenvalue weighted by atomic mass is 10.1. The second-order valence-corrected chi connectivity index (χ2v) is 6.31. The Morgan fingerprint density at radius 3 is 2.67 bits per heavy atom. The third-order valence-corrected chi connectivity index (χ3v) is 5.32. The van der Waals surface area contributed by atoms with Crippen LogP contribution in [0.3, 0.4) is 0 Å². The largest absolute Gasteiger partial charge is 0.313 e. The van der Waals surface area contributed by atoms with Crippen molar-refractivity contribution in [2.75, 3.05) is 12.8 Å². The molecule has 1 aliphatic carbocycles. The summed E-state index contributed by atoms with van der Waals surface area (Å²) in [4.78, 5) is 1.48. The van der Waals surface area contributed by atoms with Gasteiger partial charge in [0, 0.05) is 16.7 Å². The minimum Gasteiger partial charge on any atom is -0.313 e. The molecule has 2 heteroatoms. The summed E-state index contributed by atoms with van der Waals surface area (Å²) in [6.07, 6.45) is 6.93. The van der Waals surface area contributed by atoms with Crippen LogP contribution in [0.15, 0.2) is 29.2 Å². The molecule has 0 amide bonds. The Morgan fingerprint density at radius 2 is 2.00 bits per heavy atom. The number of hydrogen-bond acceptors (Lipinski definition) is 2. The molecule has 2 rings (SSSR count). The fourth-order valence-electron chi connectivity index (χ4n) is 2.86. The molecule has 0 spiro atoms. The Balaban J connectivity index is 2.01. The van der Waals surface area contributed by atoms with Crippen LogP contribution in [0.2, 0.25) is 0 Å². The van der Waals surface area contributed by atoms with Crippen LogP contribution < -0.4 is 5.32 Å². The normalized spacial score (nSPS) is 18.1. The summed E-state index contributed by atoms with van der Waals surface area (Å²) in [5.74, 6) is 2.26. The van der Waals surface area contributed by atoms with Crippen molar-refractivity contribution in [2.24, 2.45) is 5.92 Å². The maximum atomic E-state index is 3.42. The zero-order valence-corrected chi connectivity index (χ0v) is 12.4. The van der Waals surface area contributed by atoms with Crippen LogP contribution in [-0.4, -0.2) is 12.8 Å². The molecule has 1 N–H and O–H groups in total. The van der Waals surface area contributed by atoms with Crippen LogP contribution >= 0.6 is 11.8 Å². The first-order valence-corrected chi connectivity index (χ1v) is 8.22. The van der Waals surface area contributed by atoms with Gasteiger partial charge in [0.15, 0.2) is 0 Å². The van der Waals surface area contributed by atoms with Crippen LogP contribution in [0.25, 0.3) is 0 Å². The van der Waals surface area contributed by atoms with E-state index in [0.29, 0.717) is 6.04 Å². The fourth-order valence-corrected chi connectivity index (χ4v) is 4.16. The predicted octanol–water partition coefficient (Wildman–Crippen LogP) is 4.64. The summed E-state index contributed by atoms with van der Waals surface area (Å²) in [7, 11) is 2.06. The molecule has 18 heavy (non-hydrogen) atoms. The molecule has 0 heterocycles. The smallest absolute Gasteiger partial charge is 0.0326 e. The van der Waals surface area contributed by atoms with Crippen molar-refractivity contribution < 1.29 is 0 Å². The Kier molecular flexibility index (Phi) is 5.58. The van der Waals surface area contributed by atoms with E-state index in [1.165, 1.54) is 41.9 Å². The van der Waals surface area contributed by atoms with Crippen molar-refractivity contribution >= 4 is 11.8 Å². The van der Waals surface area contributed by atoms with Gasteiger partial charge < -0.3 is 5.32 Å². The van der Waals surface area contributed by atoms with E-state index in [1.807, 2.05) is 0 Å². The number of rotatable bonds is 6. The van der Waals surface area contributed by atoms with E-state index in [9.17, 15) is 0 Å². The highest BCUT2D eigenvalue weighted by Crippen LogP contribution is 2.34. The van der Waals surface area contributed by atoms with Crippen molar-refractivity contribution in [2.45, 2.75) is 50.0 Å². The average Bonchev–Trinajstić information content (AvgIpc) is 2.92. The lowest BCUT2D eigenvalue weighted by Crippen LogP contribution is -2.16. The van der Waals surface area contributed by atoms with E-state index in [1.54, 1.807) is 0 Å². The SMILES string of the molecule is CCC(NC)c1ccccc1SCC1CCCC1. The molecular formula is C16H25NS. The number of benzene rings is 1. The molecule has 1 fully saturated rings. The number of thioether (sulfide) groups is 1. The van der Waals surface area contributed by atoms with Crippen molar-refractivity contribution in [3.05, 3.63) is 29.8 Å². The van der Waals surface area contributed by atoms with Crippen molar-refractivity contribution in [1.82, 2.24) is 5.32 Å². The van der Waals surface area contributed by atoms with Crippen molar-refractivity contribution in [3.8, 4) is 0 Å². The summed E-state index contributed by atoms with van der Waals surface area (Å²) in [5.41, 5.74) is 1.48. The van der Waals surface area contributed by atoms with Gasteiger partial charge in [0.1, 0.15) is 0 Å². The Labute approximate surface area is 116 Å². The van der Waals surface area contributed by atoms with Gasteiger partial charge in [-0.1, -0.05) is 38.0 Å². The van der Waals surface area contributed by atoms with E-state index in [4.69, 9.17) is 0 Å². The third-order valence-electron chi connectivity index (χ3n) is 4.00. The van der Waals surface area contributed by atoms with Crippen molar-refractivity contribution in [3.63, 3.8) is 0 Å². The summed E-state index contributed by atoms with van der Waals surface area (Å²) in [5, 5.41) is 3.42. The maximum Gasteiger partial charge on any atom is 0.0326 e. The van der Waals surface area contributed by atoms with E-state index < -0.39 is 0 Å². The Morgan fingerprint density at radius 1 is 1.28 bits per heavy atom. The van der Waals surface area contributed by atoms with Crippen molar-refractivity contribution in [1.29, 1.82) is 0 Å². The van der Waals surface area contributed by atoms with Gasteiger partial charge in [0.05, 0.1) is 0 Å². The fraction of sp³-hybridized carbons (Fsp3) is 0.625. The second-order valence-electron chi connectivity index (χ2n) is 5.25. The summed E-state index contributed by atoms with van der Waals surface area (Å²) >= 11 is 2.06. The maximum absolute atomic E-state index is 3.42. The van der Waals surface area contributed by atoms with Crippen LogP contribution in [0.5, 0.6) is 0 Å². The van der Waals surface area contributed by atoms with Gasteiger partial charge in [-0.2, -0.15) is 0 Å². The molecule has 1 atom stereocenters. The molecule has 0 bridgehead atoms. The van der Waals surface area contributed by atoms with Crippen LogP contribution in [0.1, 0.15) is 50.6 Å². The standard InChI is InChI=1S/C16H25NS/c1-3-15(17-2)14-10-6-7-11-16(14)18-12-13-8-4-5-9-13/h6-7,10-11,13,15,17H,3-5,8-9,12H2,1-2H3. The molecule has 0 aromatic heterocycles. The lowest BCUT2D eigenvalue weighted by Gasteiger charge is -2.19. The van der Waals surface area contributed by atoms with E-state index in [-0.39, 0.29) is 0 Å². The highest BCUT2D eigenvalue weighted by molar-refractivity contribution is 7.99. The quantitative estimate of drug-likeness (QED) is 0.750. The van der Waals surface area contributed by atoms with Gasteiger partial charge in [0.25, 0.3) is 0 Å². The zero-order chi connectivity index (χ0) is 12.8. The van der Waals surface area contributed by atoms with Gasteiger partial charge >= 0.3 is 0 Å².